The predicted octanol–water partition coefficient (Wildman–Crippen LogP) is 3.93. The molecule has 0 saturated heterocycles. The van der Waals surface area contributed by atoms with E-state index >= 15 is 0 Å². The number of alkyl halides is 1. The molecular weight excluding hydrogens is 310 g/mol. The van der Waals surface area contributed by atoms with Gasteiger partial charge in [-0.25, -0.2) is 0 Å². The van der Waals surface area contributed by atoms with Crippen LogP contribution < -0.4 is 0 Å². The van der Waals surface area contributed by atoms with Crippen LogP contribution in [0.15, 0.2) is 30.3 Å². The van der Waals surface area contributed by atoms with Crippen molar-refractivity contribution in [3.63, 3.8) is 0 Å². The number of rotatable bonds is 6. The molecule has 1 rings (SSSR count). The van der Waals surface area contributed by atoms with E-state index in [0.717, 1.165) is 5.56 Å². The summed E-state index contributed by atoms with van der Waals surface area (Å²) in [5.74, 6) is -2.14. The second-order valence-electron chi connectivity index (χ2n) is 3.12. The average molecular weight is 326 g/mol. The van der Waals surface area contributed by atoms with Crippen LogP contribution in [0.4, 0.5) is 0 Å². The summed E-state index contributed by atoms with van der Waals surface area (Å²) in [6.45, 7) is 5.08. The molecule has 16 heavy (non-hydrogen) atoms. The maximum absolute atomic E-state index is 6.44. The summed E-state index contributed by atoms with van der Waals surface area (Å²) in [4.78, 5) is 0. The summed E-state index contributed by atoms with van der Waals surface area (Å²) in [6.07, 6.45) is 0. The third-order valence-electron chi connectivity index (χ3n) is 1.97. The van der Waals surface area contributed by atoms with Gasteiger partial charge in [-0.2, -0.15) is 0 Å². The van der Waals surface area contributed by atoms with E-state index < -0.39 is 5.96 Å². The predicted molar refractivity (Wildman–Crippen MR) is 71.0 cm³/mol. The monoisotopic (exact) mass is 326 g/mol. The van der Waals surface area contributed by atoms with Crippen LogP contribution in [0.3, 0.4) is 0 Å². The Labute approximate surface area is 110 Å². The van der Waals surface area contributed by atoms with Crippen LogP contribution in [0.5, 0.6) is 0 Å². The quantitative estimate of drug-likeness (QED) is 0.448. The fourth-order valence-electron chi connectivity index (χ4n) is 1.32. The minimum absolute atomic E-state index is 0.256. The van der Waals surface area contributed by atoms with Gasteiger partial charge in [-0.1, -0.05) is 0 Å². The van der Waals surface area contributed by atoms with Crippen molar-refractivity contribution in [1.82, 2.24) is 0 Å². The number of halogens is 1. The molecule has 0 aromatic heterocycles. The molecule has 1 aromatic carbocycles. The Bertz CT molecular complexity index is 348. The van der Waals surface area contributed by atoms with Crippen LogP contribution in [0.25, 0.3) is 0 Å². The fraction of sp³-hybridized carbons (Fsp3) is 0.455. The number of hydrogen-bond acceptors (Lipinski definition) is 2. The number of hydrogen-bond donors (Lipinski definition) is 0. The summed E-state index contributed by atoms with van der Waals surface area (Å²) in [5.41, 5.74) is 1.03. The number of benzene rings is 1. The molecule has 90 valence electrons. The molecule has 1 atom stereocenters. The van der Waals surface area contributed by atoms with E-state index in [1.54, 1.807) is 0 Å². The van der Waals surface area contributed by atoms with E-state index in [4.69, 9.17) is 20.6 Å². The Balaban J connectivity index is 2.91. The zero-order valence-electron chi connectivity index (χ0n) is 9.43. The molecule has 0 amide bonds. The van der Waals surface area contributed by atoms with Gasteiger partial charge >= 0.3 is 110 Å². The first-order chi connectivity index (χ1) is 7.64. The second-order valence-corrected chi connectivity index (χ2v) is 9.18. The Kier molecular flexibility index (Phi) is 6.28. The van der Waals surface area contributed by atoms with Gasteiger partial charge in [-0.3, -0.25) is 0 Å². The molecule has 0 aliphatic carbocycles. The summed E-state index contributed by atoms with van der Waals surface area (Å²) in [6, 6.07) is 9.87. The van der Waals surface area contributed by atoms with Gasteiger partial charge in [0.15, 0.2) is 0 Å². The van der Waals surface area contributed by atoms with Gasteiger partial charge in [0.2, 0.25) is 0 Å². The van der Waals surface area contributed by atoms with Crippen molar-refractivity contribution in [2.24, 2.45) is 0 Å². The average Bonchev–Trinajstić information content (AvgIpc) is 2.30. The summed E-state index contributed by atoms with van der Waals surface area (Å²) in [5, 5.41) is -0.256. The fourth-order valence-corrected chi connectivity index (χ4v) is 5.49. The molecule has 0 radical (unpaired) electrons. The van der Waals surface area contributed by atoms with E-state index in [1.807, 2.05) is 44.2 Å². The van der Waals surface area contributed by atoms with Crippen LogP contribution >= 0.6 is 17.6 Å². The minimum atomic E-state index is -2.14. The van der Waals surface area contributed by atoms with E-state index in [2.05, 4.69) is 15.1 Å². The van der Waals surface area contributed by atoms with Crippen LogP contribution in [0.1, 0.15) is 24.5 Å². The molecule has 0 heterocycles. The van der Waals surface area contributed by atoms with Gasteiger partial charge in [0.1, 0.15) is 0 Å². The van der Waals surface area contributed by atoms with Crippen LogP contribution in [0.2, 0.25) is 0 Å². The Morgan fingerprint density at radius 1 is 1.19 bits per heavy atom. The second kappa shape index (κ2) is 6.96. The van der Waals surface area contributed by atoms with Gasteiger partial charge in [0, 0.05) is 0 Å². The summed E-state index contributed by atoms with van der Waals surface area (Å²) < 4.78 is 11.4. The van der Waals surface area contributed by atoms with Crippen LogP contribution in [-0.2, 0) is 9.05 Å². The maximum atomic E-state index is 6.44. The van der Waals surface area contributed by atoms with Crippen molar-refractivity contribution in [1.29, 1.82) is 0 Å². The summed E-state index contributed by atoms with van der Waals surface area (Å²) >= 11 is 9.46. The van der Waals surface area contributed by atoms with Crippen molar-refractivity contribution >= 4 is 32.7 Å². The zero-order valence-corrected chi connectivity index (χ0v) is 12.8. The topological polar surface area (TPSA) is 18.5 Å². The molecule has 1 aromatic rings. The first-order valence-corrected chi connectivity index (χ1v) is 9.56. The molecule has 0 aliphatic rings. The van der Waals surface area contributed by atoms with Crippen molar-refractivity contribution < 1.29 is 9.05 Å². The molecule has 0 bridgehead atoms. The third kappa shape index (κ3) is 3.70. The summed E-state index contributed by atoms with van der Waals surface area (Å²) in [7, 11) is 0. The van der Waals surface area contributed by atoms with Crippen molar-refractivity contribution in [2.45, 2.75) is 19.0 Å². The van der Waals surface area contributed by atoms with Crippen molar-refractivity contribution in [2.75, 3.05) is 13.2 Å². The molecule has 0 aliphatic heterocycles. The first kappa shape index (κ1) is 14.4. The molecule has 1 unspecified atom stereocenters. The normalized spacial score (nSPS) is 13.7. The molecule has 5 heteroatoms. The Morgan fingerprint density at radius 3 is 2.12 bits per heavy atom. The van der Waals surface area contributed by atoms with E-state index in [0.29, 0.717) is 13.2 Å². The molecule has 0 fully saturated rings. The van der Waals surface area contributed by atoms with Gasteiger partial charge < -0.3 is 0 Å². The SMILES string of the molecule is CCOP(=[Se])(OCC)C(Cl)c1ccccc1. The van der Waals surface area contributed by atoms with Gasteiger partial charge in [0.25, 0.3) is 0 Å². The first-order valence-electron chi connectivity index (χ1n) is 5.22. The Morgan fingerprint density at radius 2 is 1.69 bits per heavy atom. The Hall–Kier alpha value is 0.379. The molecule has 0 N–H and O–H groups in total. The standard InChI is InChI=1S/C11H16ClO2PSe/c1-3-13-15(16,14-4-2)11(12)10-8-6-5-7-9-10/h5-9,11H,3-4H2,1-2H3. The zero-order chi connectivity index (χ0) is 12.0. The van der Waals surface area contributed by atoms with Gasteiger partial charge in [0.05, 0.1) is 0 Å². The molecule has 0 saturated carbocycles. The van der Waals surface area contributed by atoms with Crippen molar-refractivity contribution in [3.05, 3.63) is 35.9 Å². The van der Waals surface area contributed by atoms with E-state index in [1.165, 1.54) is 0 Å². The molecular formula is C11H16ClO2PSe. The van der Waals surface area contributed by atoms with Gasteiger partial charge in [-0.15, -0.1) is 0 Å². The van der Waals surface area contributed by atoms with E-state index in [9.17, 15) is 0 Å². The van der Waals surface area contributed by atoms with Gasteiger partial charge in [-0.05, 0) is 0 Å². The van der Waals surface area contributed by atoms with Crippen LogP contribution in [0, 0.1) is 0 Å². The van der Waals surface area contributed by atoms with Crippen LogP contribution in [-0.4, -0.2) is 28.3 Å². The third-order valence-corrected chi connectivity index (χ3v) is 8.52. The molecule has 0 spiro atoms. The molecule has 2 nitrogen and oxygen atoms in total. The van der Waals surface area contributed by atoms with E-state index in [-0.39, 0.29) is 5.12 Å². The van der Waals surface area contributed by atoms with Crippen molar-refractivity contribution in [3.8, 4) is 0 Å².